The van der Waals surface area contributed by atoms with Crippen LogP contribution in [0.25, 0.3) is 10.3 Å². The van der Waals surface area contributed by atoms with Crippen molar-refractivity contribution in [3.05, 3.63) is 16.8 Å². The molecule has 2 nitrogen and oxygen atoms in total. The van der Waals surface area contributed by atoms with Crippen LogP contribution in [-0.2, 0) is 6.42 Å². The highest BCUT2D eigenvalue weighted by molar-refractivity contribution is 7.18. The molecule has 0 fully saturated rings. The number of rotatable bonds is 1. The average Bonchev–Trinajstić information content (AvgIpc) is 2.43. The number of nitrogens with one attached hydrogen (secondary N) is 1. The van der Waals surface area contributed by atoms with Gasteiger partial charge in [0, 0.05) is 4.88 Å². The lowest BCUT2D eigenvalue weighted by Gasteiger charge is -1.82. The summed E-state index contributed by atoms with van der Waals surface area (Å²) in [6, 6.07) is 2.18. The summed E-state index contributed by atoms with van der Waals surface area (Å²) < 4.78 is 0. The number of fused-ring (bicyclic) bond motifs is 1. The lowest BCUT2D eigenvalue weighted by molar-refractivity contribution is 1.16. The van der Waals surface area contributed by atoms with Gasteiger partial charge < -0.3 is 4.98 Å². The summed E-state index contributed by atoms with van der Waals surface area (Å²) in [6.45, 7) is 4.15. The molecule has 0 aliphatic heterocycles. The van der Waals surface area contributed by atoms with Crippen molar-refractivity contribution in [1.82, 2.24) is 9.97 Å². The summed E-state index contributed by atoms with van der Waals surface area (Å²) in [5.41, 5.74) is 1.18. The van der Waals surface area contributed by atoms with Crippen molar-refractivity contribution in [2.24, 2.45) is 0 Å². The molecule has 2 rings (SSSR count). The fraction of sp³-hybridized carbons (Fsp3) is 0.375. The topological polar surface area (TPSA) is 28.7 Å². The van der Waals surface area contributed by atoms with Gasteiger partial charge in [0.25, 0.3) is 0 Å². The van der Waals surface area contributed by atoms with Crippen molar-refractivity contribution in [3.8, 4) is 0 Å². The molecule has 1 N–H and O–H groups in total. The summed E-state index contributed by atoms with van der Waals surface area (Å²) >= 11 is 1.78. The largest absolute Gasteiger partial charge is 0.341 e. The first-order chi connectivity index (χ1) is 5.29. The number of nitrogens with zero attached hydrogens (tertiary/aromatic N) is 1. The molecule has 11 heavy (non-hydrogen) atoms. The quantitative estimate of drug-likeness (QED) is 0.692. The lowest BCUT2D eigenvalue weighted by atomic mass is 10.4. The van der Waals surface area contributed by atoms with Gasteiger partial charge in [-0.15, -0.1) is 11.3 Å². The molecular formula is C8H10N2S. The van der Waals surface area contributed by atoms with Crippen LogP contribution >= 0.6 is 11.3 Å². The predicted octanol–water partition coefficient (Wildman–Crippen LogP) is 2.50. The molecule has 2 aromatic rings. The molecule has 0 saturated heterocycles. The number of hydrogen-bond donors (Lipinski definition) is 1. The van der Waals surface area contributed by atoms with Gasteiger partial charge in [0.2, 0.25) is 0 Å². The van der Waals surface area contributed by atoms with E-state index < -0.39 is 0 Å². The Labute approximate surface area is 69.3 Å². The van der Waals surface area contributed by atoms with Crippen LogP contribution in [0.2, 0.25) is 0 Å². The van der Waals surface area contributed by atoms with E-state index in [4.69, 9.17) is 0 Å². The van der Waals surface area contributed by atoms with Gasteiger partial charge in [0.1, 0.15) is 10.7 Å². The number of aryl methyl sites for hydroxylation is 2. The molecule has 0 bridgehead atoms. The molecular weight excluding hydrogens is 156 g/mol. The highest BCUT2D eigenvalue weighted by atomic mass is 32.1. The molecule has 0 saturated carbocycles. The van der Waals surface area contributed by atoms with Crippen LogP contribution in [0, 0.1) is 6.92 Å². The first-order valence-electron chi connectivity index (χ1n) is 3.74. The second-order valence-electron chi connectivity index (χ2n) is 2.61. The molecule has 0 amide bonds. The predicted molar refractivity (Wildman–Crippen MR) is 48.1 cm³/mol. The molecule has 58 valence electrons. The molecule has 0 radical (unpaired) electrons. The van der Waals surface area contributed by atoms with Crippen LogP contribution in [0.5, 0.6) is 0 Å². The van der Waals surface area contributed by atoms with Crippen molar-refractivity contribution in [2.75, 3.05) is 0 Å². The Hall–Kier alpha value is -0.830. The highest BCUT2D eigenvalue weighted by Gasteiger charge is 2.02. The first-order valence-corrected chi connectivity index (χ1v) is 4.56. The fourth-order valence-corrected chi connectivity index (χ4v) is 2.13. The summed E-state index contributed by atoms with van der Waals surface area (Å²) in [7, 11) is 0. The fourth-order valence-electron chi connectivity index (χ4n) is 1.15. The number of aromatic amines is 1. The Morgan fingerprint density at radius 2 is 2.45 bits per heavy atom. The van der Waals surface area contributed by atoms with E-state index in [1.165, 1.54) is 10.4 Å². The smallest absolute Gasteiger partial charge is 0.141 e. The first kappa shape index (κ1) is 6.85. The minimum atomic E-state index is 1.01. The number of imidazole rings is 1. The summed E-state index contributed by atoms with van der Waals surface area (Å²) in [5, 5.41) is 0. The zero-order valence-corrected chi connectivity index (χ0v) is 7.46. The van der Waals surface area contributed by atoms with Gasteiger partial charge in [-0.25, -0.2) is 4.98 Å². The number of hydrogen-bond acceptors (Lipinski definition) is 2. The van der Waals surface area contributed by atoms with Gasteiger partial charge >= 0.3 is 0 Å². The number of H-pyrrole nitrogens is 1. The Kier molecular flexibility index (Phi) is 1.46. The lowest BCUT2D eigenvalue weighted by Crippen LogP contribution is -1.71. The maximum absolute atomic E-state index is 4.34. The Bertz CT molecular complexity index is 341. The zero-order chi connectivity index (χ0) is 7.84. The normalized spacial score (nSPS) is 11.1. The van der Waals surface area contributed by atoms with E-state index in [0.717, 1.165) is 17.1 Å². The van der Waals surface area contributed by atoms with Gasteiger partial charge in [-0.3, -0.25) is 0 Å². The van der Waals surface area contributed by atoms with Crippen molar-refractivity contribution in [1.29, 1.82) is 0 Å². The number of thiophene rings is 1. The van der Waals surface area contributed by atoms with E-state index in [2.05, 4.69) is 23.0 Å². The van der Waals surface area contributed by atoms with E-state index in [-0.39, 0.29) is 0 Å². The molecule has 3 heteroatoms. The van der Waals surface area contributed by atoms with Crippen LogP contribution in [0.4, 0.5) is 0 Å². The second kappa shape index (κ2) is 2.34. The van der Waals surface area contributed by atoms with Gasteiger partial charge in [-0.05, 0) is 19.4 Å². The molecule has 0 aliphatic rings. The van der Waals surface area contributed by atoms with Crippen LogP contribution in [0.3, 0.4) is 0 Å². The second-order valence-corrected chi connectivity index (χ2v) is 3.72. The number of aromatic nitrogens is 2. The molecule has 0 atom stereocenters. The molecule has 0 aliphatic carbocycles. The molecule has 0 spiro atoms. The van der Waals surface area contributed by atoms with E-state index in [0.29, 0.717) is 0 Å². The van der Waals surface area contributed by atoms with E-state index in [9.17, 15) is 0 Å². The summed E-state index contributed by atoms with van der Waals surface area (Å²) in [5.74, 6) is 1.01. The third-order valence-corrected chi connectivity index (χ3v) is 2.87. The van der Waals surface area contributed by atoms with E-state index in [1.54, 1.807) is 11.3 Å². The van der Waals surface area contributed by atoms with Gasteiger partial charge in [0.05, 0.1) is 5.52 Å². The van der Waals surface area contributed by atoms with Gasteiger partial charge in [-0.2, -0.15) is 0 Å². The third kappa shape index (κ3) is 1.05. The van der Waals surface area contributed by atoms with Crippen LogP contribution in [0.15, 0.2) is 6.07 Å². The maximum Gasteiger partial charge on any atom is 0.141 e. The van der Waals surface area contributed by atoms with Crippen LogP contribution in [-0.4, -0.2) is 9.97 Å². The minimum absolute atomic E-state index is 1.01. The molecule has 2 aromatic heterocycles. The average molecular weight is 166 g/mol. The van der Waals surface area contributed by atoms with E-state index >= 15 is 0 Å². The highest BCUT2D eigenvalue weighted by Crippen LogP contribution is 2.23. The van der Waals surface area contributed by atoms with E-state index in [1.807, 2.05) is 6.92 Å². The maximum atomic E-state index is 4.34. The van der Waals surface area contributed by atoms with Crippen molar-refractivity contribution < 1.29 is 0 Å². The molecule has 2 heterocycles. The SMILES string of the molecule is CCc1cc2[nH]c(C)nc2s1. The van der Waals surface area contributed by atoms with Crippen molar-refractivity contribution in [2.45, 2.75) is 20.3 Å². The monoisotopic (exact) mass is 166 g/mol. The Morgan fingerprint density at radius 1 is 1.64 bits per heavy atom. The Balaban J connectivity index is 2.64. The zero-order valence-electron chi connectivity index (χ0n) is 6.64. The standard InChI is InChI=1S/C8H10N2S/c1-3-6-4-7-8(11-6)10-5(2)9-7/h4H,3H2,1-2H3,(H,9,10). The van der Waals surface area contributed by atoms with Crippen molar-refractivity contribution >= 4 is 21.7 Å². The molecule has 0 aromatic carbocycles. The Morgan fingerprint density at radius 3 is 3.09 bits per heavy atom. The van der Waals surface area contributed by atoms with Crippen molar-refractivity contribution in [3.63, 3.8) is 0 Å². The summed E-state index contributed by atoms with van der Waals surface area (Å²) in [6.07, 6.45) is 1.11. The van der Waals surface area contributed by atoms with Gasteiger partial charge in [-0.1, -0.05) is 6.92 Å². The third-order valence-electron chi connectivity index (χ3n) is 1.70. The minimum Gasteiger partial charge on any atom is -0.341 e. The van der Waals surface area contributed by atoms with Crippen LogP contribution in [0.1, 0.15) is 17.6 Å². The summed E-state index contributed by atoms with van der Waals surface area (Å²) in [4.78, 5) is 10.1. The molecule has 0 unspecified atom stereocenters. The van der Waals surface area contributed by atoms with Gasteiger partial charge in [0.15, 0.2) is 0 Å². The van der Waals surface area contributed by atoms with Crippen LogP contribution < -0.4 is 0 Å².